The van der Waals surface area contributed by atoms with Crippen LogP contribution in [0.25, 0.3) is 5.57 Å². The number of carbonyl (C=O) groups is 2. The van der Waals surface area contributed by atoms with Crippen molar-refractivity contribution in [2.75, 3.05) is 24.4 Å². The number of anilines is 1. The second-order valence-electron chi connectivity index (χ2n) is 7.59. The van der Waals surface area contributed by atoms with Gasteiger partial charge in [0, 0.05) is 24.0 Å². The maximum absolute atomic E-state index is 13.3. The third kappa shape index (κ3) is 4.57. The lowest BCUT2D eigenvalue weighted by molar-refractivity contribution is -0.137. The monoisotopic (exact) mass is 524 g/mol. The topological polar surface area (TPSA) is 67.9 Å². The maximum Gasteiger partial charge on any atom is 0.416 e. The predicted octanol–water partition coefficient (Wildman–Crippen LogP) is 5.09. The van der Waals surface area contributed by atoms with Gasteiger partial charge in [0.05, 0.1) is 30.5 Å². The summed E-state index contributed by atoms with van der Waals surface area (Å²) in [6.45, 7) is 0.427. The van der Waals surface area contributed by atoms with Crippen LogP contribution in [0, 0.1) is 0 Å². The first kappa shape index (κ1) is 23.2. The van der Waals surface area contributed by atoms with E-state index in [4.69, 9.17) is 9.47 Å². The number of nitrogens with one attached hydrogen (secondary N) is 1. The first-order valence-electron chi connectivity index (χ1n) is 10.2. The maximum atomic E-state index is 13.3. The van der Waals surface area contributed by atoms with Crippen LogP contribution in [-0.4, -0.2) is 41.8 Å². The first-order valence-corrected chi connectivity index (χ1v) is 11.3. The summed E-state index contributed by atoms with van der Waals surface area (Å²) in [4.78, 5) is 27.5. The quantitative estimate of drug-likeness (QED) is 0.422. The molecule has 2 aromatic carbocycles. The molecule has 174 valence electrons. The van der Waals surface area contributed by atoms with E-state index in [0.29, 0.717) is 34.9 Å². The molecule has 1 atom stereocenters. The van der Waals surface area contributed by atoms with Gasteiger partial charge in [0.25, 0.3) is 5.91 Å². The molecule has 2 heterocycles. The highest BCUT2D eigenvalue weighted by Gasteiger charge is 2.40. The van der Waals surface area contributed by atoms with Gasteiger partial charge >= 0.3 is 6.18 Å². The van der Waals surface area contributed by atoms with Crippen LogP contribution < -0.4 is 14.8 Å². The minimum atomic E-state index is -4.44. The SMILES string of the molecule is COc1cc2c(cc1OCCCBr)NC(=O)C1CC(c3ccc(C(F)(F)F)cc3)=CN1C2=O. The average molecular weight is 525 g/mol. The first-order chi connectivity index (χ1) is 15.7. The normalized spacial score (nSPS) is 17.7. The molecule has 6 nitrogen and oxygen atoms in total. The van der Waals surface area contributed by atoms with Crippen molar-refractivity contribution in [3.63, 3.8) is 0 Å². The van der Waals surface area contributed by atoms with Gasteiger partial charge < -0.3 is 19.7 Å². The van der Waals surface area contributed by atoms with E-state index in [1.165, 1.54) is 36.4 Å². The molecule has 1 N–H and O–H groups in total. The molecule has 2 aliphatic rings. The fourth-order valence-electron chi connectivity index (χ4n) is 3.81. The summed E-state index contributed by atoms with van der Waals surface area (Å²) in [5.74, 6) is -0.0405. The Hall–Kier alpha value is -3.01. The number of fused-ring (bicyclic) bond motifs is 2. The number of ether oxygens (including phenoxy) is 2. The molecule has 1 unspecified atom stereocenters. The molecule has 2 amide bonds. The number of hydrogen-bond donors (Lipinski definition) is 1. The molecule has 0 aliphatic carbocycles. The Morgan fingerprint density at radius 1 is 1.15 bits per heavy atom. The van der Waals surface area contributed by atoms with E-state index in [0.717, 1.165) is 23.9 Å². The molecule has 33 heavy (non-hydrogen) atoms. The number of rotatable bonds is 6. The Kier molecular flexibility index (Phi) is 6.38. The third-order valence-electron chi connectivity index (χ3n) is 5.49. The molecule has 0 radical (unpaired) electrons. The van der Waals surface area contributed by atoms with Crippen LogP contribution in [0.1, 0.15) is 34.3 Å². The van der Waals surface area contributed by atoms with E-state index in [9.17, 15) is 22.8 Å². The van der Waals surface area contributed by atoms with Crippen molar-refractivity contribution >= 4 is 39.0 Å². The van der Waals surface area contributed by atoms with Crippen molar-refractivity contribution in [3.05, 3.63) is 59.3 Å². The lowest BCUT2D eigenvalue weighted by atomic mass is 10.0. The van der Waals surface area contributed by atoms with Crippen molar-refractivity contribution in [1.29, 1.82) is 0 Å². The van der Waals surface area contributed by atoms with Crippen LogP contribution >= 0.6 is 15.9 Å². The highest BCUT2D eigenvalue weighted by Crippen LogP contribution is 2.40. The molecule has 0 saturated heterocycles. The van der Waals surface area contributed by atoms with Crippen molar-refractivity contribution in [1.82, 2.24) is 4.90 Å². The zero-order valence-corrected chi connectivity index (χ0v) is 19.1. The molecular formula is C23H20BrF3N2O4. The summed E-state index contributed by atoms with van der Waals surface area (Å²) in [7, 11) is 1.46. The number of nitrogens with zero attached hydrogens (tertiary/aromatic N) is 1. The van der Waals surface area contributed by atoms with E-state index in [1.807, 2.05) is 0 Å². The molecule has 2 aromatic rings. The van der Waals surface area contributed by atoms with E-state index in [2.05, 4.69) is 21.2 Å². The summed E-state index contributed by atoms with van der Waals surface area (Å²) in [6.07, 6.45) is -1.97. The summed E-state index contributed by atoms with van der Waals surface area (Å²) >= 11 is 3.33. The lowest BCUT2D eigenvalue weighted by Crippen LogP contribution is -2.38. The largest absolute Gasteiger partial charge is 0.493 e. The van der Waals surface area contributed by atoms with Crippen LogP contribution in [-0.2, 0) is 11.0 Å². The van der Waals surface area contributed by atoms with Gasteiger partial charge in [0.15, 0.2) is 11.5 Å². The van der Waals surface area contributed by atoms with E-state index < -0.39 is 29.6 Å². The second-order valence-corrected chi connectivity index (χ2v) is 8.38. The molecule has 0 aromatic heterocycles. The Morgan fingerprint density at radius 3 is 2.52 bits per heavy atom. The molecule has 0 spiro atoms. The van der Waals surface area contributed by atoms with Crippen LogP contribution in [0.4, 0.5) is 18.9 Å². The number of hydrogen-bond acceptors (Lipinski definition) is 4. The van der Waals surface area contributed by atoms with Gasteiger partial charge in [-0.2, -0.15) is 13.2 Å². The molecule has 0 fully saturated rings. The molecule has 0 bridgehead atoms. The van der Waals surface area contributed by atoms with Crippen LogP contribution in [0.3, 0.4) is 0 Å². The molecular weight excluding hydrogens is 505 g/mol. The van der Waals surface area contributed by atoms with Crippen molar-refractivity contribution < 1.29 is 32.2 Å². The second kappa shape index (κ2) is 9.09. The highest BCUT2D eigenvalue weighted by molar-refractivity contribution is 9.09. The van der Waals surface area contributed by atoms with E-state index in [1.54, 1.807) is 6.07 Å². The zero-order chi connectivity index (χ0) is 23.8. The molecule has 10 heteroatoms. The Bertz CT molecular complexity index is 1120. The number of amides is 2. The van der Waals surface area contributed by atoms with Gasteiger partial charge in [-0.1, -0.05) is 28.1 Å². The lowest BCUT2D eigenvalue weighted by Gasteiger charge is -2.18. The minimum Gasteiger partial charge on any atom is -0.493 e. The van der Waals surface area contributed by atoms with Gasteiger partial charge in [-0.05, 0) is 35.8 Å². The van der Waals surface area contributed by atoms with Crippen LogP contribution in [0.5, 0.6) is 11.5 Å². The van der Waals surface area contributed by atoms with Gasteiger partial charge in [-0.3, -0.25) is 9.59 Å². The van der Waals surface area contributed by atoms with Gasteiger partial charge in [-0.15, -0.1) is 0 Å². The minimum absolute atomic E-state index is 0.183. The Balaban J connectivity index is 1.65. The van der Waals surface area contributed by atoms with Crippen molar-refractivity contribution in [2.45, 2.75) is 25.1 Å². The average Bonchev–Trinajstić information content (AvgIpc) is 3.21. The third-order valence-corrected chi connectivity index (χ3v) is 6.05. The van der Waals surface area contributed by atoms with E-state index in [-0.39, 0.29) is 12.0 Å². The summed E-state index contributed by atoms with van der Waals surface area (Å²) in [5, 5.41) is 3.54. The van der Waals surface area contributed by atoms with Gasteiger partial charge in [-0.25, -0.2) is 0 Å². The number of carbonyl (C=O) groups excluding carboxylic acids is 2. The molecule has 4 rings (SSSR count). The fraction of sp³-hybridized carbons (Fsp3) is 0.304. The summed E-state index contributed by atoms with van der Waals surface area (Å²) in [5.41, 5.74) is 0.912. The van der Waals surface area contributed by atoms with Gasteiger partial charge in [0.2, 0.25) is 5.91 Å². The Labute approximate surface area is 196 Å². The standard InChI is InChI=1S/C23H20BrF3N2O4/c1-32-19-10-16-17(11-20(19)33-8-2-7-24)28-21(30)18-9-14(12-29(18)22(16)31)13-3-5-15(6-4-13)23(25,26)27/h3-6,10-12,18H,2,7-9H2,1H3,(H,28,30). The summed E-state index contributed by atoms with van der Waals surface area (Å²) < 4.78 is 49.7. The zero-order valence-electron chi connectivity index (χ0n) is 17.5. The molecule has 0 saturated carbocycles. The van der Waals surface area contributed by atoms with Gasteiger partial charge in [0.1, 0.15) is 6.04 Å². The fourth-order valence-corrected chi connectivity index (χ4v) is 4.04. The highest BCUT2D eigenvalue weighted by atomic mass is 79.9. The smallest absolute Gasteiger partial charge is 0.416 e. The van der Waals surface area contributed by atoms with Crippen molar-refractivity contribution in [2.24, 2.45) is 0 Å². The molecule has 2 aliphatic heterocycles. The van der Waals surface area contributed by atoms with Crippen molar-refractivity contribution in [3.8, 4) is 11.5 Å². The van der Waals surface area contributed by atoms with Crippen LogP contribution in [0.15, 0.2) is 42.6 Å². The number of methoxy groups -OCH3 is 1. The predicted molar refractivity (Wildman–Crippen MR) is 120 cm³/mol. The Morgan fingerprint density at radius 2 is 1.88 bits per heavy atom. The number of alkyl halides is 4. The van der Waals surface area contributed by atoms with Crippen LogP contribution in [0.2, 0.25) is 0 Å². The summed E-state index contributed by atoms with van der Waals surface area (Å²) in [6, 6.07) is 6.94. The number of halogens is 4. The van der Waals surface area contributed by atoms with E-state index >= 15 is 0 Å². The number of benzene rings is 2.